The van der Waals surface area contributed by atoms with Crippen LogP contribution in [0.5, 0.6) is 0 Å². The number of nitrogens with zero attached hydrogens (tertiary/aromatic N) is 5. The van der Waals surface area contributed by atoms with Gasteiger partial charge in [0.2, 0.25) is 0 Å². The lowest BCUT2D eigenvalue weighted by molar-refractivity contribution is -0.422. The number of benzene rings is 1. The van der Waals surface area contributed by atoms with Crippen molar-refractivity contribution in [1.82, 2.24) is 9.80 Å². The Morgan fingerprint density at radius 2 is 1.73 bits per heavy atom. The van der Waals surface area contributed by atoms with Crippen molar-refractivity contribution in [2.45, 2.75) is 13.3 Å². The van der Waals surface area contributed by atoms with E-state index in [1.54, 1.807) is 19.0 Å². The number of imide groups is 1. The van der Waals surface area contributed by atoms with Crippen molar-refractivity contribution >= 4 is 29.0 Å². The molecule has 2 rings (SSSR count). The van der Waals surface area contributed by atoms with E-state index >= 15 is 0 Å². The molecule has 1 heterocycles. The van der Waals surface area contributed by atoms with Crippen molar-refractivity contribution in [2.24, 2.45) is 0 Å². The highest BCUT2D eigenvalue weighted by atomic mass is 16.6. The van der Waals surface area contributed by atoms with Gasteiger partial charge in [0.05, 0.1) is 15.5 Å². The van der Waals surface area contributed by atoms with E-state index in [1.165, 1.54) is 11.1 Å². The molecular weight excluding hydrogens is 346 g/mol. The zero-order chi connectivity index (χ0) is 19.6. The molecule has 0 radical (unpaired) electrons. The van der Waals surface area contributed by atoms with E-state index in [4.69, 9.17) is 0 Å². The molecule has 1 saturated heterocycles. The summed E-state index contributed by atoms with van der Waals surface area (Å²) in [6.45, 7) is 2.13. The van der Waals surface area contributed by atoms with Crippen LogP contribution in [-0.2, 0) is 4.79 Å². The molecule has 11 nitrogen and oxygen atoms in total. The number of hydrogen-bond donors (Lipinski definition) is 0. The van der Waals surface area contributed by atoms with Crippen LogP contribution in [0.25, 0.3) is 0 Å². The molecule has 0 bridgehead atoms. The van der Waals surface area contributed by atoms with Crippen LogP contribution >= 0.6 is 0 Å². The topological polar surface area (TPSA) is 130 Å². The van der Waals surface area contributed by atoms with Crippen LogP contribution in [0.2, 0.25) is 0 Å². The molecule has 1 aromatic rings. The normalized spacial score (nSPS) is 15.7. The Bertz CT molecular complexity index is 819. The summed E-state index contributed by atoms with van der Waals surface area (Å²) >= 11 is 0. The van der Waals surface area contributed by atoms with E-state index in [0.717, 1.165) is 23.1 Å². The van der Waals surface area contributed by atoms with Crippen molar-refractivity contribution < 1.29 is 19.4 Å². The molecule has 0 spiro atoms. The maximum atomic E-state index is 12.7. The average Bonchev–Trinajstić information content (AvgIpc) is 2.78. The summed E-state index contributed by atoms with van der Waals surface area (Å²) in [6, 6.07) is 2.25. The lowest BCUT2D eigenvalue weighted by Gasteiger charge is -2.17. The Balaban J connectivity index is 2.56. The summed E-state index contributed by atoms with van der Waals surface area (Å²) in [6.07, 6.45) is 2.08. The molecule has 11 heteroatoms. The smallest absolute Gasteiger partial charge is 0.348 e. The van der Waals surface area contributed by atoms with Gasteiger partial charge in [-0.25, -0.2) is 9.69 Å². The number of rotatable bonds is 6. The number of nitro groups is 2. The Morgan fingerprint density at radius 3 is 2.23 bits per heavy atom. The minimum atomic E-state index is -0.924. The number of urea groups is 1. The van der Waals surface area contributed by atoms with Gasteiger partial charge >= 0.3 is 17.4 Å². The van der Waals surface area contributed by atoms with Gasteiger partial charge in [-0.3, -0.25) is 29.9 Å². The highest BCUT2D eigenvalue weighted by Gasteiger charge is 2.42. The molecule has 3 amide bonds. The van der Waals surface area contributed by atoms with Gasteiger partial charge < -0.3 is 4.90 Å². The molecule has 1 aromatic carbocycles. The summed E-state index contributed by atoms with van der Waals surface area (Å²) in [4.78, 5) is 49.3. The zero-order valence-corrected chi connectivity index (χ0v) is 14.4. The molecule has 1 aliphatic rings. The van der Waals surface area contributed by atoms with Gasteiger partial charge in [-0.2, -0.15) is 0 Å². The highest BCUT2D eigenvalue weighted by molar-refractivity contribution is 6.26. The Labute approximate surface area is 148 Å². The lowest BCUT2D eigenvalue weighted by atomic mass is 10.2. The third-order valence-electron chi connectivity index (χ3n) is 3.57. The van der Waals surface area contributed by atoms with Crippen LogP contribution < -0.4 is 4.90 Å². The van der Waals surface area contributed by atoms with Gasteiger partial charge in [-0.15, -0.1) is 0 Å². The first-order valence-corrected chi connectivity index (χ1v) is 7.66. The van der Waals surface area contributed by atoms with Gasteiger partial charge in [-0.1, -0.05) is 6.92 Å². The molecule has 1 fully saturated rings. The van der Waals surface area contributed by atoms with E-state index in [9.17, 15) is 29.8 Å². The van der Waals surface area contributed by atoms with Gasteiger partial charge in [0.25, 0.3) is 5.91 Å². The third-order valence-corrected chi connectivity index (χ3v) is 3.57. The zero-order valence-electron chi connectivity index (χ0n) is 14.4. The van der Waals surface area contributed by atoms with Crippen molar-refractivity contribution in [3.8, 4) is 0 Å². The quantitative estimate of drug-likeness (QED) is 0.327. The Kier molecular flexibility index (Phi) is 5.19. The second-order valence-corrected chi connectivity index (χ2v) is 5.74. The summed E-state index contributed by atoms with van der Waals surface area (Å²) < 4.78 is 0. The average molecular weight is 363 g/mol. The van der Waals surface area contributed by atoms with E-state index in [0.29, 0.717) is 6.42 Å². The van der Waals surface area contributed by atoms with E-state index < -0.39 is 33.2 Å². The second kappa shape index (κ2) is 7.17. The molecular formula is C15H17N5O6. The Morgan fingerprint density at radius 1 is 1.12 bits per heavy atom. The molecule has 1 aliphatic heterocycles. The van der Waals surface area contributed by atoms with Gasteiger partial charge in [-0.05, 0) is 12.5 Å². The fourth-order valence-electron chi connectivity index (χ4n) is 2.53. The van der Waals surface area contributed by atoms with Crippen LogP contribution in [0.1, 0.15) is 13.3 Å². The van der Waals surface area contributed by atoms with Crippen molar-refractivity contribution in [3.05, 3.63) is 50.3 Å². The molecule has 0 atom stereocenters. The molecule has 0 aliphatic carbocycles. The molecule has 0 aromatic heterocycles. The maximum absolute atomic E-state index is 12.7. The predicted octanol–water partition coefficient (Wildman–Crippen LogP) is 2.08. The number of hydrogen-bond acceptors (Lipinski definition) is 7. The maximum Gasteiger partial charge on any atom is 0.348 e. The molecule has 0 N–H and O–H groups in total. The SMILES string of the molecule is CCCN1C(=O)N(c2ccc([N+](=O)[O-])c([N+](=O)[O-])c2)C(=O)/C1=C/N(C)C. The number of nitro benzene ring substituents is 2. The van der Waals surface area contributed by atoms with Gasteiger partial charge in [0.1, 0.15) is 5.70 Å². The summed E-state index contributed by atoms with van der Waals surface area (Å²) in [5.74, 6) is -0.652. The van der Waals surface area contributed by atoms with E-state index in [2.05, 4.69) is 0 Å². The molecule has 0 saturated carbocycles. The lowest BCUT2D eigenvalue weighted by Crippen LogP contribution is -2.33. The molecule has 26 heavy (non-hydrogen) atoms. The first-order chi connectivity index (χ1) is 12.2. The van der Waals surface area contributed by atoms with Crippen LogP contribution in [0.15, 0.2) is 30.1 Å². The largest absolute Gasteiger partial charge is 0.382 e. The minimum absolute atomic E-state index is 0.0967. The monoisotopic (exact) mass is 363 g/mol. The van der Waals surface area contributed by atoms with E-state index in [1.807, 2.05) is 6.92 Å². The van der Waals surface area contributed by atoms with Crippen molar-refractivity contribution in [1.29, 1.82) is 0 Å². The Hall–Kier alpha value is -3.50. The summed E-state index contributed by atoms with van der Waals surface area (Å²) in [5.41, 5.74) is -1.48. The first kappa shape index (κ1) is 18.8. The number of amides is 3. The fourth-order valence-corrected chi connectivity index (χ4v) is 2.53. The number of anilines is 1. The van der Waals surface area contributed by atoms with Gasteiger partial charge in [0.15, 0.2) is 0 Å². The van der Waals surface area contributed by atoms with Crippen LogP contribution in [0.3, 0.4) is 0 Å². The second-order valence-electron chi connectivity index (χ2n) is 5.74. The van der Waals surface area contributed by atoms with Crippen LogP contribution in [-0.4, -0.2) is 52.2 Å². The first-order valence-electron chi connectivity index (χ1n) is 7.66. The number of carbonyl (C=O) groups is 2. The van der Waals surface area contributed by atoms with Crippen molar-refractivity contribution in [2.75, 3.05) is 25.5 Å². The van der Waals surface area contributed by atoms with Crippen molar-refractivity contribution in [3.63, 3.8) is 0 Å². The van der Waals surface area contributed by atoms with Crippen LogP contribution in [0, 0.1) is 20.2 Å². The molecule has 0 unspecified atom stereocenters. The third kappa shape index (κ3) is 3.31. The van der Waals surface area contributed by atoms with E-state index in [-0.39, 0.29) is 17.9 Å². The molecule has 138 valence electrons. The van der Waals surface area contributed by atoms with Gasteiger partial charge in [0, 0.05) is 39.0 Å². The van der Waals surface area contributed by atoms with Crippen LogP contribution in [0.4, 0.5) is 21.9 Å². The fraction of sp³-hybridized carbons (Fsp3) is 0.333. The minimum Gasteiger partial charge on any atom is -0.382 e. The summed E-state index contributed by atoms with van der Waals surface area (Å²) in [5, 5.41) is 22.0. The summed E-state index contributed by atoms with van der Waals surface area (Å²) in [7, 11) is 3.38. The highest BCUT2D eigenvalue weighted by Crippen LogP contribution is 2.34. The predicted molar refractivity (Wildman–Crippen MR) is 91.4 cm³/mol. The standard InChI is InChI=1S/C15H17N5O6/c1-4-7-17-13(9-16(2)3)14(21)18(15(17)22)10-5-6-11(19(23)24)12(8-10)20(25)26/h5-6,8-9H,4,7H2,1-3H3/b13-9-. The number of carbonyl (C=O) groups excluding carboxylic acids is 2.